The van der Waals surface area contributed by atoms with E-state index in [1.807, 2.05) is 30.9 Å². The zero-order valence-corrected chi connectivity index (χ0v) is 14.4. The van der Waals surface area contributed by atoms with Crippen LogP contribution >= 0.6 is 0 Å². The SMILES string of the molecule is CC1(C)O[C@@H]2C(=O)N3CC[C@@H](/C=C/[C@H]2O1)c1cc2c(cc1C3)OCO2. The van der Waals surface area contributed by atoms with Crippen LogP contribution in [0.1, 0.15) is 37.3 Å². The third kappa shape index (κ3) is 2.43. The van der Waals surface area contributed by atoms with Gasteiger partial charge in [0.05, 0.1) is 0 Å². The number of fused-ring (bicyclic) bond motifs is 7. The van der Waals surface area contributed by atoms with Gasteiger partial charge in [-0.2, -0.15) is 0 Å². The molecule has 0 N–H and O–H groups in total. The Bertz CT molecular complexity index is 771. The fraction of sp³-hybridized carbons (Fsp3) is 0.526. The van der Waals surface area contributed by atoms with E-state index in [0.717, 1.165) is 23.5 Å². The van der Waals surface area contributed by atoms with E-state index in [2.05, 4.69) is 12.1 Å². The molecule has 0 unspecified atom stereocenters. The van der Waals surface area contributed by atoms with Gasteiger partial charge in [0.2, 0.25) is 6.79 Å². The van der Waals surface area contributed by atoms with Crippen molar-refractivity contribution in [2.45, 2.75) is 50.7 Å². The minimum atomic E-state index is -0.751. The monoisotopic (exact) mass is 343 g/mol. The van der Waals surface area contributed by atoms with E-state index in [1.54, 1.807) is 0 Å². The minimum absolute atomic E-state index is 0.00797. The van der Waals surface area contributed by atoms with Crippen molar-refractivity contribution >= 4 is 5.91 Å². The Morgan fingerprint density at radius 2 is 1.92 bits per heavy atom. The highest BCUT2D eigenvalue weighted by atomic mass is 16.8. The summed E-state index contributed by atoms with van der Waals surface area (Å²) in [5.41, 5.74) is 2.31. The normalized spacial score (nSPS) is 33.1. The van der Waals surface area contributed by atoms with Crippen molar-refractivity contribution in [3.05, 3.63) is 35.4 Å². The molecular weight excluding hydrogens is 322 g/mol. The molecule has 1 fully saturated rings. The highest BCUT2D eigenvalue weighted by Gasteiger charge is 2.46. The first kappa shape index (κ1) is 15.2. The predicted octanol–water partition coefficient (Wildman–Crippen LogP) is 2.32. The molecule has 4 aliphatic heterocycles. The molecule has 0 aliphatic carbocycles. The molecule has 132 valence electrons. The summed E-state index contributed by atoms with van der Waals surface area (Å²) in [6.07, 6.45) is 4.09. The molecule has 0 spiro atoms. The minimum Gasteiger partial charge on any atom is -0.454 e. The number of ether oxygens (including phenoxy) is 4. The lowest BCUT2D eigenvalue weighted by Crippen LogP contribution is -2.43. The maximum absolute atomic E-state index is 13.1. The molecule has 1 amide bonds. The highest BCUT2D eigenvalue weighted by molar-refractivity contribution is 5.82. The second-order valence-electron chi connectivity index (χ2n) is 7.46. The molecule has 1 aromatic carbocycles. The van der Waals surface area contributed by atoms with Crippen LogP contribution in [0.5, 0.6) is 11.5 Å². The molecule has 0 aromatic heterocycles. The average Bonchev–Trinajstić information content (AvgIpc) is 3.10. The van der Waals surface area contributed by atoms with Gasteiger partial charge in [0, 0.05) is 19.0 Å². The average molecular weight is 343 g/mol. The van der Waals surface area contributed by atoms with Gasteiger partial charge in [0.15, 0.2) is 23.4 Å². The van der Waals surface area contributed by atoms with E-state index in [4.69, 9.17) is 18.9 Å². The van der Waals surface area contributed by atoms with Gasteiger partial charge in [-0.3, -0.25) is 4.79 Å². The van der Waals surface area contributed by atoms with Crippen LogP contribution in [0, 0.1) is 0 Å². The van der Waals surface area contributed by atoms with Crippen molar-refractivity contribution in [3.8, 4) is 11.5 Å². The Labute approximate surface area is 146 Å². The molecule has 3 atom stereocenters. The Kier molecular flexibility index (Phi) is 3.18. The van der Waals surface area contributed by atoms with E-state index in [-0.39, 0.29) is 24.7 Å². The second kappa shape index (κ2) is 5.22. The van der Waals surface area contributed by atoms with E-state index < -0.39 is 11.9 Å². The van der Waals surface area contributed by atoms with Gasteiger partial charge < -0.3 is 23.8 Å². The first-order valence-corrected chi connectivity index (χ1v) is 8.75. The topological polar surface area (TPSA) is 57.2 Å². The van der Waals surface area contributed by atoms with Crippen molar-refractivity contribution in [2.75, 3.05) is 13.3 Å². The van der Waals surface area contributed by atoms with E-state index in [9.17, 15) is 4.79 Å². The predicted molar refractivity (Wildman–Crippen MR) is 88.3 cm³/mol. The van der Waals surface area contributed by atoms with Crippen LogP contribution in [-0.2, 0) is 20.8 Å². The first-order valence-electron chi connectivity index (χ1n) is 8.75. The quantitative estimate of drug-likeness (QED) is 0.677. The summed E-state index contributed by atoms with van der Waals surface area (Å²) in [6, 6.07) is 4.08. The summed E-state index contributed by atoms with van der Waals surface area (Å²) in [6.45, 7) is 5.21. The van der Waals surface area contributed by atoms with Crippen LogP contribution in [0.25, 0.3) is 0 Å². The van der Waals surface area contributed by atoms with Gasteiger partial charge in [-0.15, -0.1) is 0 Å². The maximum atomic E-state index is 13.1. The highest BCUT2D eigenvalue weighted by Crippen LogP contribution is 2.42. The van der Waals surface area contributed by atoms with Crippen molar-refractivity contribution in [3.63, 3.8) is 0 Å². The zero-order chi connectivity index (χ0) is 17.2. The van der Waals surface area contributed by atoms with Crippen molar-refractivity contribution in [2.24, 2.45) is 0 Å². The summed E-state index contributed by atoms with van der Waals surface area (Å²) in [7, 11) is 0. The Hall–Kier alpha value is -2.05. The van der Waals surface area contributed by atoms with Gasteiger partial charge in [0.25, 0.3) is 5.91 Å². The third-order valence-corrected chi connectivity index (χ3v) is 5.32. The number of hydrogen-bond donors (Lipinski definition) is 0. The Morgan fingerprint density at radius 3 is 2.76 bits per heavy atom. The van der Waals surface area contributed by atoms with E-state index in [1.165, 1.54) is 5.56 Å². The van der Waals surface area contributed by atoms with Gasteiger partial charge in [0.1, 0.15) is 6.10 Å². The zero-order valence-electron chi connectivity index (χ0n) is 14.4. The molecule has 5 rings (SSSR count). The number of allylic oxidation sites excluding steroid dienone is 1. The summed E-state index contributed by atoms with van der Waals surface area (Å²) in [4.78, 5) is 15.0. The molecule has 1 aromatic rings. The van der Waals surface area contributed by atoms with Crippen molar-refractivity contribution in [1.29, 1.82) is 0 Å². The number of hydrogen-bond acceptors (Lipinski definition) is 5. The lowest BCUT2D eigenvalue weighted by Gasteiger charge is -2.25. The number of rotatable bonds is 0. The number of amides is 1. The number of carbonyl (C=O) groups is 1. The molecule has 4 aliphatic rings. The summed E-state index contributed by atoms with van der Waals surface area (Å²) < 4.78 is 22.9. The third-order valence-electron chi connectivity index (χ3n) is 5.32. The molecule has 0 saturated carbocycles. The van der Waals surface area contributed by atoms with Gasteiger partial charge in [-0.25, -0.2) is 0 Å². The van der Waals surface area contributed by atoms with Crippen molar-refractivity contribution < 1.29 is 23.7 Å². The summed E-state index contributed by atoms with van der Waals surface area (Å²) in [5.74, 6) is 1.000. The molecule has 4 heterocycles. The Morgan fingerprint density at radius 1 is 1.12 bits per heavy atom. The molecule has 2 bridgehead atoms. The van der Waals surface area contributed by atoms with Gasteiger partial charge in [-0.05, 0) is 43.5 Å². The number of nitrogens with zero attached hydrogens (tertiary/aromatic N) is 1. The lowest BCUT2D eigenvalue weighted by atomic mass is 9.91. The largest absolute Gasteiger partial charge is 0.454 e. The fourth-order valence-corrected chi connectivity index (χ4v) is 4.15. The van der Waals surface area contributed by atoms with Gasteiger partial charge in [-0.1, -0.05) is 12.2 Å². The van der Waals surface area contributed by atoms with Crippen LogP contribution in [0.2, 0.25) is 0 Å². The second-order valence-corrected chi connectivity index (χ2v) is 7.46. The van der Waals surface area contributed by atoms with Crippen LogP contribution in [0.3, 0.4) is 0 Å². The molecule has 6 nitrogen and oxygen atoms in total. The van der Waals surface area contributed by atoms with Crippen LogP contribution in [0.4, 0.5) is 0 Å². The van der Waals surface area contributed by atoms with Gasteiger partial charge >= 0.3 is 0 Å². The summed E-state index contributed by atoms with van der Waals surface area (Å²) in [5, 5.41) is 0. The van der Waals surface area contributed by atoms with Crippen molar-refractivity contribution in [1.82, 2.24) is 4.90 Å². The van der Waals surface area contributed by atoms with Crippen LogP contribution in [0.15, 0.2) is 24.3 Å². The standard InChI is InChI=1S/C19H21NO5/c1-19(2)24-14-4-3-11-5-6-20(18(21)17(14)25-19)9-12-7-15-16(8-13(11)12)23-10-22-15/h3-4,7-8,11,14,17H,5-6,9-10H2,1-2H3/b4-3+/t11-,14-,17+/m1/s1. The lowest BCUT2D eigenvalue weighted by molar-refractivity contribution is -0.161. The summed E-state index contributed by atoms with van der Waals surface area (Å²) >= 11 is 0. The maximum Gasteiger partial charge on any atom is 0.255 e. The number of benzene rings is 1. The Balaban J connectivity index is 1.60. The smallest absolute Gasteiger partial charge is 0.255 e. The fourth-order valence-electron chi connectivity index (χ4n) is 4.15. The molecule has 1 saturated heterocycles. The van der Waals surface area contributed by atoms with Crippen LogP contribution in [-0.4, -0.2) is 42.1 Å². The molecule has 25 heavy (non-hydrogen) atoms. The number of carbonyl (C=O) groups excluding carboxylic acids is 1. The first-order chi connectivity index (χ1) is 12.0. The molecule has 0 radical (unpaired) electrons. The molecular formula is C19H21NO5. The van der Waals surface area contributed by atoms with E-state index in [0.29, 0.717) is 13.1 Å². The van der Waals surface area contributed by atoms with Crippen LogP contribution < -0.4 is 9.47 Å². The molecule has 6 heteroatoms. The van der Waals surface area contributed by atoms with E-state index >= 15 is 0 Å².